The fourth-order valence-corrected chi connectivity index (χ4v) is 3.26. The summed E-state index contributed by atoms with van der Waals surface area (Å²) in [6.07, 6.45) is 1.27. The zero-order valence-corrected chi connectivity index (χ0v) is 13.1. The lowest BCUT2D eigenvalue weighted by molar-refractivity contribution is 0.195. The van der Waals surface area contributed by atoms with Crippen LogP contribution < -0.4 is 5.32 Å². The van der Waals surface area contributed by atoms with Gasteiger partial charge in [0.15, 0.2) is 0 Å². The molecule has 0 bridgehead atoms. The molecule has 7 heteroatoms. The number of anilines is 1. The quantitative estimate of drug-likeness (QED) is 0.890. The maximum atomic E-state index is 11.4. The maximum absolute atomic E-state index is 11.4. The molecule has 0 amide bonds. The van der Waals surface area contributed by atoms with Crippen molar-refractivity contribution in [3.05, 3.63) is 29.3 Å². The molecule has 112 valence electrons. The number of rotatable bonds is 5. The third-order valence-corrected chi connectivity index (χ3v) is 4.92. The lowest BCUT2D eigenvalue weighted by Gasteiger charge is -2.33. The molecule has 1 aliphatic rings. The molecule has 0 atom stereocenters. The Labute approximate surface area is 125 Å². The van der Waals surface area contributed by atoms with Gasteiger partial charge in [-0.1, -0.05) is 17.7 Å². The molecule has 0 unspecified atom stereocenters. The molecule has 0 spiro atoms. The first kappa shape index (κ1) is 15.6. The van der Waals surface area contributed by atoms with E-state index in [4.69, 9.17) is 11.6 Å². The molecule has 20 heavy (non-hydrogen) atoms. The topological polar surface area (TPSA) is 52.7 Å². The van der Waals surface area contributed by atoms with E-state index in [1.54, 1.807) is 0 Å². The number of halogens is 1. The number of hydrogen-bond donors (Lipinski definition) is 1. The summed E-state index contributed by atoms with van der Waals surface area (Å²) in [6.45, 7) is 4.43. The number of nitrogens with zero attached hydrogens (tertiary/aromatic N) is 2. The van der Waals surface area contributed by atoms with Gasteiger partial charge in [-0.3, -0.25) is 4.90 Å². The number of piperazine rings is 1. The molecule has 1 saturated heterocycles. The summed E-state index contributed by atoms with van der Waals surface area (Å²) >= 11 is 5.92. The summed E-state index contributed by atoms with van der Waals surface area (Å²) in [5, 5.41) is 4.04. The van der Waals surface area contributed by atoms with Crippen LogP contribution in [0.3, 0.4) is 0 Å². The average Bonchev–Trinajstić information content (AvgIpc) is 2.38. The van der Waals surface area contributed by atoms with Crippen LogP contribution in [0.4, 0.5) is 5.69 Å². The van der Waals surface area contributed by atoms with E-state index in [2.05, 4.69) is 10.2 Å². The van der Waals surface area contributed by atoms with E-state index >= 15 is 0 Å². The smallest absolute Gasteiger partial charge is 0.211 e. The van der Waals surface area contributed by atoms with Crippen molar-refractivity contribution in [3.63, 3.8) is 0 Å². The van der Waals surface area contributed by atoms with E-state index in [0.29, 0.717) is 13.1 Å². The minimum absolute atomic E-state index is 0.579. The molecular formula is C13H20ClN3O2S. The minimum Gasteiger partial charge on any atom is -0.384 e. The van der Waals surface area contributed by atoms with Crippen LogP contribution in [0.1, 0.15) is 0 Å². The molecule has 1 aliphatic heterocycles. The molecule has 1 fully saturated rings. The molecule has 0 saturated carbocycles. The van der Waals surface area contributed by atoms with Crippen molar-refractivity contribution in [3.8, 4) is 0 Å². The summed E-state index contributed by atoms with van der Waals surface area (Å²) in [7, 11) is -3.04. The summed E-state index contributed by atoms with van der Waals surface area (Å²) in [5.74, 6) is 0. The van der Waals surface area contributed by atoms with Crippen LogP contribution in [0.15, 0.2) is 24.3 Å². The highest BCUT2D eigenvalue weighted by Crippen LogP contribution is 2.14. The van der Waals surface area contributed by atoms with Crippen molar-refractivity contribution < 1.29 is 8.42 Å². The number of sulfonamides is 1. The van der Waals surface area contributed by atoms with E-state index in [9.17, 15) is 8.42 Å². The highest BCUT2D eigenvalue weighted by molar-refractivity contribution is 7.88. The van der Waals surface area contributed by atoms with E-state index in [1.807, 2.05) is 24.3 Å². The largest absolute Gasteiger partial charge is 0.384 e. The average molecular weight is 318 g/mol. The van der Waals surface area contributed by atoms with Gasteiger partial charge in [0, 0.05) is 50.0 Å². The fraction of sp³-hybridized carbons (Fsp3) is 0.538. The van der Waals surface area contributed by atoms with Crippen molar-refractivity contribution in [1.29, 1.82) is 0 Å². The van der Waals surface area contributed by atoms with Crippen molar-refractivity contribution in [2.24, 2.45) is 0 Å². The molecule has 0 aromatic heterocycles. The summed E-state index contributed by atoms with van der Waals surface area (Å²) in [6, 6.07) is 7.63. The van der Waals surface area contributed by atoms with Gasteiger partial charge in [0.25, 0.3) is 0 Å². The van der Waals surface area contributed by atoms with Gasteiger partial charge in [-0.05, 0) is 18.2 Å². The summed E-state index contributed by atoms with van der Waals surface area (Å²) in [5.41, 5.74) is 1.01. The van der Waals surface area contributed by atoms with Crippen LogP contribution in [0, 0.1) is 0 Å². The third kappa shape index (κ3) is 4.63. The Hall–Kier alpha value is -0.820. The van der Waals surface area contributed by atoms with Gasteiger partial charge in [0.2, 0.25) is 10.0 Å². The van der Waals surface area contributed by atoms with Crippen LogP contribution in [0.25, 0.3) is 0 Å². The lowest BCUT2D eigenvalue weighted by Crippen LogP contribution is -2.49. The van der Waals surface area contributed by atoms with Crippen molar-refractivity contribution >= 4 is 27.3 Å². The molecule has 0 aliphatic carbocycles. The number of hydrogen-bond acceptors (Lipinski definition) is 4. The van der Waals surface area contributed by atoms with Crippen molar-refractivity contribution in [1.82, 2.24) is 9.21 Å². The van der Waals surface area contributed by atoms with Crippen LogP contribution in [0.5, 0.6) is 0 Å². The van der Waals surface area contributed by atoms with Crippen LogP contribution in [-0.4, -0.2) is 63.1 Å². The Bertz CT molecular complexity index is 542. The molecule has 5 nitrogen and oxygen atoms in total. The third-order valence-electron chi connectivity index (χ3n) is 3.38. The first-order valence-electron chi connectivity index (χ1n) is 6.62. The predicted molar refractivity (Wildman–Crippen MR) is 82.8 cm³/mol. The van der Waals surface area contributed by atoms with Crippen LogP contribution in [0.2, 0.25) is 5.02 Å². The van der Waals surface area contributed by atoms with E-state index in [-0.39, 0.29) is 0 Å². The van der Waals surface area contributed by atoms with Gasteiger partial charge in [-0.25, -0.2) is 8.42 Å². The molecule has 1 heterocycles. The molecule has 1 aromatic rings. The highest BCUT2D eigenvalue weighted by Gasteiger charge is 2.22. The zero-order valence-electron chi connectivity index (χ0n) is 11.5. The molecule has 2 rings (SSSR count). The van der Waals surface area contributed by atoms with Gasteiger partial charge in [-0.15, -0.1) is 0 Å². The van der Waals surface area contributed by atoms with E-state index < -0.39 is 10.0 Å². The Balaban J connectivity index is 1.71. The van der Waals surface area contributed by atoms with Gasteiger partial charge in [-0.2, -0.15) is 4.31 Å². The predicted octanol–water partition coefficient (Wildman–Crippen LogP) is 1.33. The number of nitrogens with one attached hydrogen (secondary N) is 1. The van der Waals surface area contributed by atoms with Crippen LogP contribution in [-0.2, 0) is 10.0 Å². The van der Waals surface area contributed by atoms with Gasteiger partial charge < -0.3 is 5.32 Å². The van der Waals surface area contributed by atoms with E-state index in [1.165, 1.54) is 10.6 Å². The first-order chi connectivity index (χ1) is 9.45. The standard InChI is InChI=1S/C13H20ClN3O2S/c1-20(18,19)17-9-7-16(8-10-17)6-5-15-13-4-2-3-12(14)11-13/h2-4,11,15H,5-10H2,1H3. The second-order valence-corrected chi connectivity index (χ2v) is 7.36. The second kappa shape index (κ2) is 6.76. The second-order valence-electron chi connectivity index (χ2n) is 4.94. The Kier molecular flexibility index (Phi) is 5.26. The highest BCUT2D eigenvalue weighted by atomic mass is 35.5. The zero-order chi connectivity index (χ0) is 14.6. The Morgan fingerprint density at radius 3 is 2.55 bits per heavy atom. The normalized spacial score (nSPS) is 18.1. The summed E-state index contributed by atoms with van der Waals surface area (Å²) in [4.78, 5) is 2.26. The molecule has 1 aromatic carbocycles. The Morgan fingerprint density at radius 2 is 1.95 bits per heavy atom. The Morgan fingerprint density at radius 1 is 1.25 bits per heavy atom. The lowest BCUT2D eigenvalue weighted by atomic mass is 10.3. The van der Waals surface area contributed by atoms with Gasteiger partial charge >= 0.3 is 0 Å². The van der Waals surface area contributed by atoms with Gasteiger partial charge in [0.05, 0.1) is 6.26 Å². The summed E-state index contributed by atoms with van der Waals surface area (Å²) < 4.78 is 24.3. The van der Waals surface area contributed by atoms with Gasteiger partial charge in [0.1, 0.15) is 0 Å². The van der Waals surface area contributed by atoms with Crippen LogP contribution >= 0.6 is 11.6 Å². The SMILES string of the molecule is CS(=O)(=O)N1CCN(CCNc2cccc(Cl)c2)CC1. The first-order valence-corrected chi connectivity index (χ1v) is 8.85. The van der Waals surface area contributed by atoms with E-state index in [0.717, 1.165) is 36.9 Å². The van der Waals surface area contributed by atoms with Crippen molar-refractivity contribution in [2.75, 3.05) is 50.8 Å². The van der Waals surface area contributed by atoms with Crippen molar-refractivity contribution in [2.45, 2.75) is 0 Å². The minimum atomic E-state index is -3.04. The maximum Gasteiger partial charge on any atom is 0.211 e. The molecule has 1 N–H and O–H groups in total. The molecule has 0 radical (unpaired) electrons. The fourth-order valence-electron chi connectivity index (χ4n) is 2.24. The number of benzene rings is 1. The molecular weight excluding hydrogens is 298 g/mol. The monoisotopic (exact) mass is 317 g/mol.